The third-order valence-electron chi connectivity index (χ3n) is 0.575. The minimum Gasteiger partial charge on any atom is -0.304 e. The Kier molecular flexibility index (Phi) is 3.48. The first kappa shape index (κ1) is 7.31. The number of thiol groups is 1. The monoisotopic (exact) mass is 119 g/mol. The van der Waals surface area contributed by atoms with E-state index in [0.717, 1.165) is 0 Å². The third kappa shape index (κ3) is 6.31. The van der Waals surface area contributed by atoms with Gasteiger partial charge >= 0.3 is 0 Å². The van der Waals surface area contributed by atoms with Crippen LogP contribution in [0.1, 0.15) is 20.8 Å². The van der Waals surface area contributed by atoms with E-state index in [-0.39, 0.29) is 0 Å². The molecule has 0 aromatic rings. The van der Waals surface area contributed by atoms with Gasteiger partial charge in [0.05, 0.1) is 0 Å². The Morgan fingerprint density at radius 3 is 1.71 bits per heavy atom. The molecule has 0 amide bonds. The maximum atomic E-state index is 4.13. The first-order chi connectivity index (χ1) is 3.13. The molecule has 0 unspecified atom stereocenters. The first-order valence-electron chi connectivity index (χ1n) is 2.57. The summed E-state index contributed by atoms with van der Waals surface area (Å²) in [6, 6.07) is 0.549. The minimum atomic E-state index is 0.319. The molecule has 0 saturated heterocycles. The predicted molar refractivity (Wildman–Crippen MR) is 36.7 cm³/mol. The van der Waals surface area contributed by atoms with Gasteiger partial charge in [0.25, 0.3) is 0 Å². The van der Waals surface area contributed by atoms with Gasteiger partial charge in [-0.05, 0) is 20.8 Å². The van der Waals surface area contributed by atoms with E-state index in [4.69, 9.17) is 0 Å². The molecule has 0 aromatic heterocycles. The van der Waals surface area contributed by atoms with E-state index in [1.54, 1.807) is 0 Å². The van der Waals surface area contributed by atoms with E-state index in [1.807, 2.05) is 6.92 Å². The molecule has 1 nitrogen and oxygen atoms in total. The van der Waals surface area contributed by atoms with Gasteiger partial charge in [-0.25, -0.2) is 0 Å². The van der Waals surface area contributed by atoms with Gasteiger partial charge in [-0.15, -0.1) is 0 Å². The topological polar surface area (TPSA) is 12.0 Å². The van der Waals surface area contributed by atoms with E-state index in [0.29, 0.717) is 11.4 Å². The van der Waals surface area contributed by atoms with Crippen molar-refractivity contribution < 1.29 is 0 Å². The van der Waals surface area contributed by atoms with Gasteiger partial charge in [0, 0.05) is 11.4 Å². The zero-order chi connectivity index (χ0) is 5.86. The Labute approximate surface area is 50.9 Å². The van der Waals surface area contributed by atoms with Crippen molar-refractivity contribution in [3.8, 4) is 0 Å². The van der Waals surface area contributed by atoms with Crippen molar-refractivity contribution in [3.63, 3.8) is 0 Å². The van der Waals surface area contributed by atoms with Crippen molar-refractivity contribution in [1.29, 1.82) is 0 Å². The van der Waals surface area contributed by atoms with Crippen LogP contribution in [0, 0.1) is 0 Å². The molecule has 0 aliphatic heterocycles. The minimum absolute atomic E-state index is 0.319. The summed E-state index contributed by atoms with van der Waals surface area (Å²) in [7, 11) is 0. The number of rotatable bonds is 2. The molecule has 0 spiro atoms. The predicted octanol–water partition coefficient (Wildman–Crippen LogP) is 1.26. The van der Waals surface area contributed by atoms with Gasteiger partial charge in [0.15, 0.2) is 0 Å². The molecule has 0 aliphatic rings. The molecule has 1 N–H and O–H groups in total. The fraction of sp³-hybridized carbons (Fsp3) is 1.00. The summed E-state index contributed by atoms with van der Waals surface area (Å²) in [5.41, 5.74) is 0. The highest BCUT2D eigenvalue weighted by molar-refractivity contribution is 7.80. The SMILES string of the molecule is CC(C)N[C@H](C)S. The lowest BCUT2D eigenvalue weighted by molar-refractivity contribution is 0.589. The Morgan fingerprint density at radius 1 is 1.29 bits per heavy atom. The highest BCUT2D eigenvalue weighted by Crippen LogP contribution is 1.87. The lowest BCUT2D eigenvalue weighted by atomic mass is 10.4. The van der Waals surface area contributed by atoms with E-state index in [9.17, 15) is 0 Å². The Hall–Kier alpha value is 0.310. The Morgan fingerprint density at radius 2 is 1.71 bits per heavy atom. The van der Waals surface area contributed by atoms with Crippen molar-refractivity contribution in [3.05, 3.63) is 0 Å². The summed E-state index contributed by atoms with van der Waals surface area (Å²) in [5, 5.41) is 3.49. The summed E-state index contributed by atoms with van der Waals surface area (Å²) in [4.78, 5) is 0. The van der Waals surface area contributed by atoms with Gasteiger partial charge in [-0.2, -0.15) is 12.6 Å². The molecule has 0 heterocycles. The average molecular weight is 119 g/mol. The maximum absolute atomic E-state index is 4.13. The second kappa shape index (κ2) is 3.33. The number of hydrogen-bond donors (Lipinski definition) is 2. The van der Waals surface area contributed by atoms with Crippen LogP contribution in [0.15, 0.2) is 0 Å². The van der Waals surface area contributed by atoms with Gasteiger partial charge in [-0.3, -0.25) is 0 Å². The first-order valence-corrected chi connectivity index (χ1v) is 3.08. The molecule has 2 heteroatoms. The van der Waals surface area contributed by atoms with Crippen LogP contribution in [0.25, 0.3) is 0 Å². The second-order valence-electron chi connectivity index (χ2n) is 2.00. The summed E-state index contributed by atoms with van der Waals surface area (Å²) in [6.45, 7) is 6.22. The number of nitrogens with one attached hydrogen (secondary N) is 1. The molecule has 7 heavy (non-hydrogen) atoms. The smallest absolute Gasteiger partial charge is 0.0475 e. The van der Waals surface area contributed by atoms with Crippen LogP contribution in [0.5, 0.6) is 0 Å². The largest absolute Gasteiger partial charge is 0.304 e. The lowest BCUT2D eigenvalue weighted by Crippen LogP contribution is -2.27. The molecule has 0 saturated carbocycles. The van der Waals surface area contributed by atoms with Crippen molar-refractivity contribution in [2.75, 3.05) is 0 Å². The van der Waals surface area contributed by atoms with Gasteiger partial charge in [0.2, 0.25) is 0 Å². The van der Waals surface area contributed by atoms with Crippen LogP contribution in [-0.4, -0.2) is 11.4 Å². The van der Waals surface area contributed by atoms with Crippen LogP contribution in [0.3, 0.4) is 0 Å². The summed E-state index contributed by atoms with van der Waals surface area (Å²) < 4.78 is 0. The van der Waals surface area contributed by atoms with E-state index >= 15 is 0 Å². The van der Waals surface area contributed by atoms with Gasteiger partial charge in [0.1, 0.15) is 0 Å². The average Bonchev–Trinajstić information content (AvgIpc) is 1.27. The van der Waals surface area contributed by atoms with Crippen LogP contribution in [0.4, 0.5) is 0 Å². The lowest BCUT2D eigenvalue weighted by Gasteiger charge is -2.09. The zero-order valence-corrected chi connectivity index (χ0v) is 6.00. The van der Waals surface area contributed by atoms with Crippen molar-refractivity contribution in [1.82, 2.24) is 5.32 Å². The Bertz CT molecular complexity index is 37.3. The molecule has 1 atom stereocenters. The van der Waals surface area contributed by atoms with Crippen LogP contribution in [0.2, 0.25) is 0 Å². The fourth-order valence-corrected chi connectivity index (χ4v) is 0.781. The highest BCUT2D eigenvalue weighted by atomic mass is 32.1. The van der Waals surface area contributed by atoms with Crippen molar-refractivity contribution in [2.24, 2.45) is 0 Å². The molecule has 0 radical (unpaired) electrons. The van der Waals surface area contributed by atoms with Crippen LogP contribution >= 0.6 is 12.6 Å². The fourth-order valence-electron chi connectivity index (χ4n) is 0.482. The molecule has 0 aliphatic carbocycles. The molecular weight excluding hydrogens is 106 g/mol. The van der Waals surface area contributed by atoms with Crippen LogP contribution in [-0.2, 0) is 0 Å². The summed E-state index contributed by atoms with van der Waals surface area (Å²) >= 11 is 4.13. The number of hydrogen-bond acceptors (Lipinski definition) is 2. The highest BCUT2D eigenvalue weighted by Gasteiger charge is 1.93. The quantitative estimate of drug-likeness (QED) is 0.412. The molecule has 0 fully saturated rings. The Balaban J connectivity index is 2.95. The zero-order valence-electron chi connectivity index (χ0n) is 5.10. The van der Waals surface area contributed by atoms with Gasteiger partial charge in [-0.1, -0.05) is 0 Å². The molecule has 0 bridgehead atoms. The standard InChI is InChI=1S/C5H13NS/c1-4(2)6-5(3)7/h4-7H,1-3H3/t5-/m0/s1. The maximum Gasteiger partial charge on any atom is 0.0475 e. The van der Waals surface area contributed by atoms with E-state index < -0.39 is 0 Å². The van der Waals surface area contributed by atoms with Crippen molar-refractivity contribution in [2.45, 2.75) is 32.2 Å². The summed E-state index contributed by atoms with van der Waals surface area (Å²) in [6.07, 6.45) is 0. The van der Waals surface area contributed by atoms with Crippen LogP contribution < -0.4 is 5.32 Å². The molecule has 44 valence electrons. The normalized spacial score (nSPS) is 15.0. The van der Waals surface area contributed by atoms with Crippen molar-refractivity contribution >= 4 is 12.6 Å². The molecule has 0 aromatic carbocycles. The third-order valence-corrected chi connectivity index (χ3v) is 0.724. The molecular formula is C5H13NS. The molecule has 0 rings (SSSR count). The van der Waals surface area contributed by atoms with E-state index in [2.05, 4.69) is 31.8 Å². The van der Waals surface area contributed by atoms with E-state index in [1.165, 1.54) is 0 Å². The summed E-state index contributed by atoms with van der Waals surface area (Å²) in [5.74, 6) is 0. The van der Waals surface area contributed by atoms with Gasteiger partial charge < -0.3 is 5.32 Å². The second-order valence-corrected chi connectivity index (χ2v) is 2.77.